The predicted molar refractivity (Wildman–Crippen MR) is 148 cm³/mol. The highest BCUT2D eigenvalue weighted by molar-refractivity contribution is 6.43. The van der Waals surface area contributed by atoms with E-state index in [0.717, 1.165) is 16.9 Å². The Balaban J connectivity index is 1.67. The fourth-order valence-electron chi connectivity index (χ4n) is 5.40. The van der Waals surface area contributed by atoms with Crippen LogP contribution in [0, 0.1) is 0 Å². The fourth-order valence-corrected chi connectivity index (χ4v) is 5.53. The van der Waals surface area contributed by atoms with E-state index in [-0.39, 0.29) is 29.7 Å². The molecule has 2 aliphatic rings. The summed E-state index contributed by atoms with van der Waals surface area (Å²) in [4.78, 5) is 53.0. The van der Waals surface area contributed by atoms with Crippen molar-refractivity contribution in [2.75, 3.05) is 0 Å². The lowest BCUT2D eigenvalue weighted by Crippen LogP contribution is -2.53. The van der Waals surface area contributed by atoms with Crippen LogP contribution in [0.4, 0.5) is 8.78 Å². The van der Waals surface area contributed by atoms with Crippen LogP contribution in [0.3, 0.4) is 0 Å². The largest absolute Gasteiger partial charge is 0.389 e. The monoisotopic (exact) mass is 521 g/mol. The first kappa shape index (κ1) is 27.0. The quantitative estimate of drug-likeness (QED) is 0.328. The van der Waals surface area contributed by atoms with Gasteiger partial charge in [0.2, 0.25) is 19.8 Å². The van der Waals surface area contributed by atoms with Crippen molar-refractivity contribution < 1.29 is 28.0 Å². The van der Waals surface area contributed by atoms with Crippen LogP contribution in [-0.2, 0) is 20.3 Å². The van der Waals surface area contributed by atoms with Gasteiger partial charge in [-0.1, -0.05) is 40.7 Å². The van der Waals surface area contributed by atoms with E-state index in [1.165, 1.54) is 25.0 Å². The lowest BCUT2D eigenvalue weighted by atomic mass is 9.68. The number of alkyl halides is 2. The number of amides is 4. The molecule has 2 aliphatic heterocycles. The van der Waals surface area contributed by atoms with Crippen LogP contribution >= 0.6 is 11.6 Å². The third-order valence-corrected chi connectivity index (χ3v) is 7.78. The van der Waals surface area contributed by atoms with Crippen LogP contribution in [0.15, 0.2) is 30.3 Å². The van der Waals surface area contributed by atoms with Crippen LogP contribution in [0.2, 0.25) is 5.02 Å². The lowest BCUT2D eigenvalue weighted by molar-refractivity contribution is -0.154. The number of rotatable bonds is 5. The first-order chi connectivity index (χ1) is 17.3. The van der Waals surface area contributed by atoms with Crippen LogP contribution in [-0.4, -0.2) is 78.7 Å². The Morgan fingerprint density at radius 2 is 1.81 bits per heavy atom. The number of benzene rings is 2. The van der Waals surface area contributed by atoms with Crippen molar-refractivity contribution in [2.45, 2.75) is 36.7 Å². The normalized spacial score (nSPS) is 20.4. The Kier molecular flexibility index (Phi) is 7.09. The molecule has 2 aromatic rings. The third-order valence-electron chi connectivity index (χ3n) is 7.53. The number of piperidine rings is 1. The molecule has 1 saturated heterocycles. The summed E-state index contributed by atoms with van der Waals surface area (Å²) in [5, 5.41) is 2.58. The second-order valence-corrected chi connectivity index (χ2v) is 10.2. The van der Waals surface area contributed by atoms with E-state index in [1.807, 2.05) is 0 Å². The third kappa shape index (κ3) is 4.49. The Labute approximate surface area is 222 Å². The zero-order chi connectivity index (χ0) is 27.4. The first-order valence-corrected chi connectivity index (χ1v) is 12.4. The molecule has 0 aromatic heterocycles. The van der Waals surface area contributed by atoms with E-state index < -0.39 is 41.2 Å². The summed E-state index contributed by atoms with van der Waals surface area (Å²) in [5.41, 5.74) is 2.65. The molecule has 1 fully saturated rings. The maximum absolute atomic E-state index is 15.1. The Bertz CT molecular complexity index is 1330. The van der Waals surface area contributed by atoms with Gasteiger partial charge in [-0.25, -0.2) is 0 Å². The average molecular weight is 521 g/mol. The molecule has 0 radical (unpaired) electrons. The topological polar surface area (TPSA) is 86.8 Å². The molecule has 0 spiro atoms. The number of fused-ring (bicyclic) bond motifs is 1. The molecule has 7 nitrogen and oxygen atoms in total. The minimum absolute atomic E-state index is 0.137. The summed E-state index contributed by atoms with van der Waals surface area (Å²) in [5.74, 6) is -7.54. The highest BCUT2D eigenvalue weighted by Gasteiger charge is 2.46. The molecule has 1 N–H and O–H groups in total. The molecule has 186 valence electrons. The van der Waals surface area contributed by atoms with E-state index in [4.69, 9.17) is 11.6 Å². The van der Waals surface area contributed by atoms with Crippen LogP contribution in [0.5, 0.6) is 0 Å². The molecule has 4 rings (SSSR count). The summed E-state index contributed by atoms with van der Waals surface area (Å²) in [6, 6.07) is 5.82. The summed E-state index contributed by atoms with van der Waals surface area (Å²) >= 11 is 5.80. The lowest BCUT2D eigenvalue weighted by Gasteiger charge is -2.34. The maximum Gasteiger partial charge on any atom is 0.348 e. The van der Waals surface area contributed by atoms with E-state index in [0.29, 0.717) is 27.6 Å². The van der Waals surface area contributed by atoms with Gasteiger partial charge in [-0.05, 0) is 29.7 Å². The molecule has 4 amide bonds. The second kappa shape index (κ2) is 9.70. The number of imide groups is 1. The smallest absolute Gasteiger partial charge is 0.348 e. The molecule has 0 aliphatic carbocycles. The van der Waals surface area contributed by atoms with Crippen LogP contribution in [0.1, 0.15) is 51.8 Å². The van der Waals surface area contributed by atoms with Crippen LogP contribution < -0.4 is 16.2 Å². The standard InChI is InChI=1S/C22H23B5ClF2N3O4/c23-11-7-10(17(25)33(27)21(37)22(29,30)8-1-3-9(28)4-2-8)16(24)15-14(11)20(36)32(18(15)26)12-5-6-13(34)31-19(12)35/h1-4,7,12,17-18H,5-6,23-27H2,(H,31,34,35). The predicted octanol–water partition coefficient (Wildman–Crippen LogP) is -3.45. The number of carbonyl (C=O) groups excluding carboxylic acids is 4. The van der Waals surface area contributed by atoms with Crippen molar-refractivity contribution >= 4 is 85.5 Å². The van der Waals surface area contributed by atoms with E-state index in [2.05, 4.69) is 5.32 Å². The molecule has 15 heteroatoms. The Hall–Kier alpha value is -3.01. The van der Waals surface area contributed by atoms with Gasteiger partial charge in [0, 0.05) is 34.5 Å². The van der Waals surface area contributed by atoms with Gasteiger partial charge in [-0.2, -0.15) is 8.78 Å². The van der Waals surface area contributed by atoms with E-state index in [1.54, 1.807) is 37.5 Å². The van der Waals surface area contributed by atoms with E-state index >= 15 is 8.78 Å². The number of nitrogens with zero attached hydrogens (tertiary/aromatic N) is 2. The van der Waals surface area contributed by atoms with Gasteiger partial charge in [0.05, 0.1) is 0 Å². The van der Waals surface area contributed by atoms with Crippen molar-refractivity contribution in [2.24, 2.45) is 0 Å². The summed E-state index contributed by atoms with van der Waals surface area (Å²) in [7, 11) is 8.32. The Morgan fingerprint density at radius 1 is 1.19 bits per heavy atom. The van der Waals surface area contributed by atoms with E-state index in [9.17, 15) is 19.2 Å². The van der Waals surface area contributed by atoms with Gasteiger partial charge in [0.15, 0.2) is 0 Å². The molecule has 3 atom stereocenters. The molecule has 0 bridgehead atoms. The number of nitrogens with one attached hydrogen (secondary N) is 1. The van der Waals surface area contributed by atoms with Gasteiger partial charge >= 0.3 is 5.92 Å². The number of hydrogen-bond donors (Lipinski definition) is 1. The first-order valence-electron chi connectivity index (χ1n) is 12.0. The molecule has 0 saturated carbocycles. The summed E-state index contributed by atoms with van der Waals surface area (Å²) in [6.07, 6.45) is 0.366. The average Bonchev–Trinajstić information content (AvgIpc) is 3.11. The number of hydrogen-bond acceptors (Lipinski definition) is 4. The van der Waals surface area contributed by atoms with Crippen molar-refractivity contribution in [3.8, 4) is 0 Å². The molecule has 37 heavy (non-hydrogen) atoms. The Morgan fingerprint density at radius 3 is 2.41 bits per heavy atom. The van der Waals surface area contributed by atoms with Gasteiger partial charge in [0.1, 0.15) is 37.4 Å². The fraction of sp³-hybridized carbons (Fsp3) is 0.273. The van der Waals surface area contributed by atoms with Crippen molar-refractivity contribution in [1.82, 2.24) is 15.0 Å². The molecular weight excluding hydrogens is 498 g/mol. The maximum atomic E-state index is 15.1. The second-order valence-electron chi connectivity index (χ2n) is 9.72. The highest BCUT2D eigenvalue weighted by Crippen LogP contribution is 2.36. The zero-order valence-electron chi connectivity index (χ0n) is 21.2. The minimum atomic E-state index is -3.76. The molecule has 3 unspecified atom stereocenters. The number of carbonyl (C=O) groups is 4. The van der Waals surface area contributed by atoms with Crippen molar-refractivity contribution in [3.63, 3.8) is 0 Å². The van der Waals surface area contributed by atoms with Crippen molar-refractivity contribution in [1.29, 1.82) is 0 Å². The minimum Gasteiger partial charge on any atom is -0.389 e. The van der Waals surface area contributed by atoms with Gasteiger partial charge in [-0.3, -0.25) is 24.5 Å². The van der Waals surface area contributed by atoms with Gasteiger partial charge in [-0.15, -0.1) is 0 Å². The van der Waals surface area contributed by atoms with Gasteiger partial charge < -0.3 is 9.71 Å². The van der Waals surface area contributed by atoms with Crippen LogP contribution in [0.25, 0.3) is 0 Å². The molecule has 2 aromatic carbocycles. The highest BCUT2D eigenvalue weighted by atomic mass is 35.5. The SMILES string of the molecule is Bc1cc(C(B)N(B)C(=O)C(F)(F)c2ccc(Cl)cc2)c(B)c2c1C(=O)N(C1CCC(=O)NC1=O)C2B. The summed E-state index contributed by atoms with van der Waals surface area (Å²) < 4.78 is 30.2. The summed E-state index contributed by atoms with van der Waals surface area (Å²) in [6.45, 7) is 0. The van der Waals surface area contributed by atoms with Crippen molar-refractivity contribution in [3.05, 3.63) is 57.6 Å². The zero-order valence-corrected chi connectivity index (χ0v) is 22.0. The van der Waals surface area contributed by atoms with Gasteiger partial charge in [0.25, 0.3) is 11.8 Å². The molecule has 2 heterocycles. The number of halogens is 3. The molecular formula is C22H23B5ClF2N3O4.